The number of nitrogens with one attached hydrogen (secondary N) is 2. The molecule has 0 aliphatic rings. The van der Waals surface area contributed by atoms with Gasteiger partial charge in [0.25, 0.3) is 0 Å². The van der Waals surface area contributed by atoms with Crippen LogP contribution in [0.5, 0.6) is 0 Å². The summed E-state index contributed by atoms with van der Waals surface area (Å²) in [5.74, 6) is -1.69. The quantitative estimate of drug-likeness (QED) is 0.141. The van der Waals surface area contributed by atoms with Gasteiger partial charge < -0.3 is 15.4 Å². The summed E-state index contributed by atoms with van der Waals surface area (Å²) in [6.07, 6.45) is 2.50. The number of unbranched alkanes of at least 4 members (excludes halogenated alkanes) is 2. The number of rotatable bonds is 13. The highest BCUT2D eigenvalue weighted by Gasteiger charge is 2.38. The number of fused-ring (bicyclic) bond motifs is 1. The van der Waals surface area contributed by atoms with Crippen LogP contribution in [0.3, 0.4) is 0 Å². The Morgan fingerprint density at radius 2 is 1.69 bits per heavy atom. The monoisotopic (exact) mass is 602 g/mol. The molecule has 42 heavy (non-hydrogen) atoms. The number of amides is 1. The highest BCUT2D eigenvalue weighted by atomic mass is 32.1. The van der Waals surface area contributed by atoms with Gasteiger partial charge in [-0.3, -0.25) is 9.59 Å². The maximum absolute atomic E-state index is 12.9. The molecule has 0 bridgehead atoms. The van der Waals surface area contributed by atoms with Crippen molar-refractivity contribution in [1.82, 2.24) is 20.3 Å². The van der Waals surface area contributed by atoms with E-state index in [9.17, 15) is 22.8 Å². The van der Waals surface area contributed by atoms with E-state index in [0.29, 0.717) is 31.5 Å². The van der Waals surface area contributed by atoms with Crippen LogP contribution >= 0.6 is 11.3 Å². The molecule has 2 aromatic heterocycles. The number of carbonyl (C=O) groups excluding carboxylic acids is 2. The fourth-order valence-corrected chi connectivity index (χ4v) is 5.06. The number of carboxylic acid groups (broad SMARTS) is 1. The average molecular weight is 603 g/mol. The molecule has 12 heteroatoms. The van der Waals surface area contributed by atoms with E-state index in [1.807, 2.05) is 61.7 Å². The van der Waals surface area contributed by atoms with E-state index in [-0.39, 0.29) is 11.9 Å². The molecule has 1 atom stereocenters. The van der Waals surface area contributed by atoms with Crippen LogP contribution in [0.4, 0.5) is 13.2 Å². The molecular formula is C30H33F3N4O4S. The number of hydrogen-bond donors (Lipinski definition) is 3. The van der Waals surface area contributed by atoms with Crippen LogP contribution in [0.15, 0.2) is 60.8 Å². The average Bonchev–Trinajstić information content (AvgIpc) is 3.63. The minimum Gasteiger partial charge on any atom is -0.475 e. The van der Waals surface area contributed by atoms with Crippen LogP contribution in [-0.2, 0) is 20.8 Å². The molecule has 4 aromatic rings. The second-order valence-corrected chi connectivity index (χ2v) is 10.7. The van der Waals surface area contributed by atoms with Crippen LogP contribution in [0.2, 0.25) is 0 Å². The van der Waals surface area contributed by atoms with Crippen molar-refractivity contribution in [2.75, 3.05) is 0 Å². The van der Waals surface area contributed by atoms with E-state index in [1.54, 1.807) is 11.3 Å². The molecule has 2 heterocycles. The third-order valence-electron chi connectivity index (χ3n) is 6.33. The minimum atomic E-state index is -5.08. The number of aromatic nitrogens is 3. The Hall–Kier alpha value is -4.06. The highest BCUT2D eigenvalue weighted by Crippen LogP contribution is 2.24. The molecule has 0 unspecified atom stereocenters. The number of carboxylic acids is 1. The second-order valence-electron chi connectivity index (χ2n) is 9.54. The summed E-state index contributed by atoms with van der Waals surface area (Å²) in [5.41, 5.74) is 2.98. The number of aryl methyl sites for hydroxylation is 1. The SMILES string of the molecule is CCC(=O)CCCCC[C@H](NC(=O)CCc1nc2ccccc2s1)c1ncc(-c2ccccc2)[nH]1.O=C(O)C(F)(F)F. The number of aliphatic carboxylic acids is 1. The van der Waals surface area contributed by atoms with E-state index in [1.165, 1.54) is 0 Å². The van der Waals surface area contributed by atoms with E-state index in [0.717, 1.165) is 58.0 Å². The lowest BCUT2D eigenvalue weighted by molar-refractivity contribution is -0.192. The van der Waals surface area contributed by atoms with Gasteiger partial charge in [-0.25, -0.2) is 14.8 Å². The fourth-order valence-electron chi connectivity index (χ4n) is 4.09. The number of halogens is 3. The Kier molecular flexibility index (Phi) is 12.2. The number of thiazole rings is 1. The van der Waals surface area contributed by atoms with Crippen molar-refractivity contribution >= 4 is 39.2 Å². The maximum atomic E-state index is 12.9. The lowest BCUT2D eigenvalue weighted by Crippen LogP contribution is -2.29. The summed E-state index contributed by atoms with van der Waals surface area (Å²) in [6.45, 7) is 1.91. The second kappa shape index (κ2) is 15.8. The largest absolute Gasteiger partial charge is 0.490 e. The predicted molar refractivity (Wildman–Crippen MR) is 155 cm³/mol. The first-order chi connectivity index (χ1) is 20.1. The number of ketones is 1. The molecule has 0 radical (unpaired) electrons. The molecule has 0 saturated heterocycles. The Balaban J connectivity index is 0.000000616. The Morgan fingerprint density at radius 1 is 1.00 bits per heavy atom. The lowest BCUT2D eigenvalue weighted by Gasteiger charge is -2.17. The molecule has 0 spiro atoms. The number of nitrogens with zero attached hydrogens (tertiary/aromatic N) is 2. The van der Waals surface area contributed by atoms with Gasteiger partial charge in [0.2, 0.25) is 5.91 Å². The molecule has 0 fully saturated rings. The van der Waals surface area contributed by atoms with Crippen LogP contribution in [-0.4, -0.2) is 43.9 Å². The topological polar surface area (TPSA) is 125 Å². The van der Waals surface area contributed by atoms with E-state index >= 15 is 0 Å². The molecular weight excluding hydrogens is 569 g/mol. The van der Waals surface area contributed by atoms with Gasteiger partial charge in [-0.2, -0.15) is 13.2 Å². The van der Waals surface area contributed by atoms with Gasteiger partial charge in [-0.05, 0) is 30.5 Å². The van der Waals surface area contributed by atoms with E-state index in [4.69, 9.17) is 9.90 Å². The molecule has 3 N–H and O–H groups in total. The van der Waals surface area contributed by atoms with Crippen LogP contribution in [0.1, 0.15) is 68.7 Å². The molecule has 2 aromatic carbocycles. The molecule has 224 valence electrons. The zero-order valence-electron chi connectivity index (χ0n) is 23.1. The molecule has 8 nitrogen and oxygen atoms in total. The van der Waals surface area contributed by atoms with Crippen molar-refractivity contribution < 1.29 is 32.7 Å². The number of hydrogen-bond acceptors (Lipinski definition) is 6. The number of benzene rings is 2. The van der Waals surface area contributed by atoms with Crippen molar-refractivity contribution in [3.63, 3.8) is 0 Å². The molecule has 0 aliphatic carbocycles. The fraction of sp³-hybridized carbons (Fsp3) is 0.367. The van der Waals surface area contributed by atoms with Gasteiger partial charge in [0.1, 0.15) is 11.6 Å². The van der Waals surface area contributed by atoms with E-state index in [2.05, 4.69) is 26.3 Å². The minimum absolute atomic E-state index is 0.00641. The Labute approximate surface area is 245 Å². The van der Waals surface area contributed by atoms with Crippen molar-refractivity contribution in [3.8, 4) is 11.3 Å². The van der Waals surface area contributed by atoms with Crippen LogP contribution in [0, 0.1) is 0 Å². The third kappa shape index (κ3) is 10.4. The van der Waals surface area contributed by atoms with Gasteiger partial charge in [0.05, 0.1) is 33.2 Å². The van der Waals surface area contributed by atoms with Gasteiger partial charge in [-0.15, -0.1) is 11.3 Å². The Bertz CT molecular complexity index is 1420. The summed E-state index contributed by atoms with van der Waals surface area (Å²) < 4.78 is 32.9. The standard InChI is InChI=1S/C28H32N4O2S.C2HF3O2/c1-2-21(33)13-7-4-8-15-23(28-29-19-24(32-28)20-11-5-3-6-12-20)30-26(34)17-18-27-31-22-14-9-10-16-25(22)35-27;3-2(4,5)1(6)7/h3,5-6,9-12,14,16,19,23H,2,4,7-8,13,15,17-18H2,1H3,(H,29,32)(H,30,34);(H,6,7)/t23-;/m0./s1. The number of para-hydroxylation sites is 1. The summed E-state index contributed by atoms with van der Waals surface area (Å²) in [6, 6.07) is 17.9. The van der Waals surface area contributed by atoms with E-state index < -0.39 is 12.1 Å². The number of alkyl halides is 3. The first kappa shape index (κ1) is 32.5. The predicted octanol–water partition coefficient (Wildman–Crippen LogP) is 7.04. The zero-order chi connectivity index (χ0) is 30.5. The highest BCUT2D eigenvalue weighted by molar-refractivity contribution is 7.18. The normalized spacial score (nSPS) is 11.9. The number of carbonyl (C=O) groups is 3. The molecule has 0 aliphatic heterocycles. The summed E-state index contributed by atoms with van der Waals surface area (Å²) in [7, 11) is 0. The maximum Gasteiger partial charge on any atom is 0.490 e. The summed E-state index contributed by atoms with van der Waals surface area (Å²) in [5, 5.41) is 11.3. The smallest absolute Gasteiger partial charge is 0.475 e. The van der Waals surface area contributed by atoms with Crippen LogP contribution < -0.4 is 5.32 Å². The van der Waals surface area contributed by atoms with Gasteiger partial charge in [-0.1, -0.05) is 62.2 Å². The summed E-state index contributed by atoms with van der Waals surface area (Å²) in [4.78, 5) is 46.0. The first-order valence-corrected chi connectivity index (χ1v) is 14.4. The summed E-state index contributed by atoms with van der Waals surface area (Å²) >= 11 is 1.64. The number of imidazole rings is 1. The molecule has 1 amide bonds. The molecule has 0 saturated carbocycles. The molecule has 4 rings (SSSR count). The third-order valence-corrected chi connectivity index (χ3v) is 7.43. The van der Waals surface area contributed by atoms with Gasteiger partial charge in [0.15, 0.2) is 0 Å². The lowest BCUT2D eigenvalue weighted by atomic mass is 10.0. The number of H-pyrrole nitrogens is 1. The van der Waals surface area contributed by atoms with Gasteiger partial charge >= 0.3 is 12.1 Å². The number of aromatic amines is 1. The van der Waals surface area contributed by atoms with Crippen molar-refractivity contribution in [2.24, 2.45) is 0 Å². The van der Waals surface area contributed by atoms with Crippen molar-refractivity contribution in [3.05, 3.63) is 71.6 Å². The van der Waals surface area contributed by atoms with Gasteiger partial charge in [0, 0.05) is 25.7 Å². The first-order valence-electron chi connectivity index (χ1n) is 13.6. The van der Waals surface area contributed by atoms with Crippen molar-refractivity contribution in [1.29, 1.82) is 0 Å². The zero-order valence-corrected chi connectivity index (χ0v) is 23.9. The Morgan fingerprint density at radius 3 is 2.36 bits per heavy atom. The van der Waals surface area contributed by atoms with Crippen LogP contribution in [0.25, 0.3) is 21.5 Å². The number of Topliss-reactive ketones (excluding diaryl/α,β-unsaturated/α-hetero) is 1. The van der Waals surface area contributed by atoms with Crippen molar-refractivity contribution in [2.45, 2.75) is 70.5 Å².